The fraction of sp³-hybridized carbons (Fsp3) is 0.368. The van der Waals surface area contributed by atoms with Gasteiger partial charge in [0.25, 0.3) is 15.9 Å². The molecule has 0 aliphatic carbocycles. The molecular weight excluding hydrogens is 364 g/mol. The number of sulfonamides is 1. The zero-order chi connectivity index (χ0) is 19.4. The third-order valence-electron chi connectivity index (χ3n) is 4.57. The quantitative estimate of drug-likeness (QED) is 0.806. The summed E-state index contributed by atoms with van der Waals surface area (Å²) >= 11 is 0. The molecule has 7 nitrogen and oxygen atoms in total. The molecule has 2 aliphatic rings. The van der Waals surface area contributed by atoms with Crippen molar-refractivity contribution in [2.45, 2.75) is 20.4 Å². The SMILES string of the molecule is CCN(CC)Cc1cccc(NC(=O)C2=CN3CCS(=O)(=O)N=C3C=C2)c1. The Bertz CT molecular complexity index is 915. The Balaban J connectivity index is 1.70. The van der Waals surface area contributed by atoms with Gasteiger partial charge in [-0.1, -0.05) is 26.0 Å². The van der Waals surface area contributed by atoms with Crippen molar-refractivity contribution in [1.82, 2.24) is 9.80 Å². The summed E-state index contributed by atoms with van der Waals surface area (Å²) in [6.07, 6.45) is 4.79. The van der Waals surface area contributed by atoms with Crippen LogP contribution in [-0.4, -0.2) is 55.3 Å². The van der Waals surface area contributed by atoms with Crippen molar-refractivity contribution in [1.29, 1.82) is 0 Å². The van der Waals surface area contributed by atoms with Crippen LogP contribution in [0.25, 0.3) is 0 Å². The molecule has 0 spiro atoms. The number of nitrogens with zero attached hydrogens (tertiary/aromatic N) is 3. The second-order valence-corrected chi connectivity index (χ2v) is 8.22. The number of amides is 1. The van der Waals surface area contributed by atoms with Gasteiger partial charge in [-0.2, -0.15) is 0 Å². The van der Waals surface area contributed by atoms with E-state index in [1.54, 1.807) is 23.3 Å². The van der Waals surface area contributed by atoms with Crippen LogP contribution in [0, 0.1) is 0 Å². The molecular formula is C19H24N4O3S. The van der Waals surface area contributed by atoms with Crippen LogP contribution in [0.3, 0.4) is 0 Å². The van der Waals surface area contributed by atoms with Gasteiger partial charge in [0.1, 0.15) is 5.84 Å². The Morgan fingerprint density at radius 1 is 1.26 bits per heavy atom. The zero-order valence-corrected chi connectivity index (χ0v) is 16.4. The van der Waals surface area contributed by atoms with Crippen molar-refractivity contribution in [3.63, 3.8) is 0 Å². The normalized spacial score (nSPS) is 18.0. The summed E-state index contributed by atoms with van der Waals surface area (Å²) in [5.74, 6) is 0.0566. The Kier molecular flexibility index (Phi) is 5.76. The van der Waals surface area contributed by atoms with Gasteiger partial charge >= 0.3 is 0 Å². The lowest BCUT2D eigenvalue weighted by molar-refractivity contribution is -0.112. The highest BCUT2D eigenvalue weighted by Crippen LogP contribution is 2.18. The third-order valence-corrected chi connectivity index (χ3v) is 5.74. The number of fused-ring (bicyclic) bond motifs is 1. The molecule has 0 unspecified atom stereocenters. The van der Waals surface area contributed by atoms with Gasteiger partial charge in [-0.05, 0) is 42.9 Å². The van der Waals surface area contributed by atoms with E-state index in [0.717, 1.165) is 30.9 Å². The lowest BCUT2D eigenvalue weighted by Gasteiger charge is -2.27. The van der Waals surface area contributed by atoms with Gasteiger partial charge in [-0.15, -0.1) is 4.40 Å². The molecule has 1 N–H and O–H groups in total. The summed E-state index contributed by atoms with van der Waals surface area (Å²) in [5.41, 5.74) is 2.34. The molecule has 144 valence electrons. The molecule has 27 heavy (non-hydrogen) atoms. The number of carbonyl (C=O) groups is 1. The van der Waals surface area contributed by atoms with E-state index in [-0.39, 0.29) is 11.7 Å². The smallest absolute Gasteiger partial charge is 0.257 e. The van der Waals surface area contributed by atoms with Gasteiger partial charge < -0.3 is 10.2 Å². The van der Waals surface area contributed by atoms with E-state index >= 15 is 0 Å². The van der Waals surface area contributed by atoms with E-state index in [4.69, 9.17) is 0 Å². The first kappa shape index (κ1) is 19.3. The van der Waals surface area contributed by atoms with Crippen LogP contribution < -0.4 is 5.32 Å². The fourth-order valence-electron chi connectivity index (χ4n) is 2.99. The predicted molar refractivity (Wildman–Crippen MR) is 107 cm³/mol. The molecule has 8 heteroatoms. The molecule has 0 aromatic heterocycles. The number of hydrogen-bond acceptors (Lipinski definition) is 5. The molecule has 0 saturated heterocycles. The monoisotopic (exact) mass is 388 g/mol. The molecule has 1 aromatic rings. The highest BCUT2D eigenvalue weighted by atomic mass is 32.2. The lowest BCUT2D eigenvalue weighted by Crippen LogP contribution is -2.37. The third kappa shape index (κ3) is 4.84. The number of anilines is 1. The van der Waals surface area contributed by atoms with Crippen LogP contribution in [0.15, 0.2) is 52.6 Å². The van der Waals surface area contributed by atoms with E-state index in [9.17, 15) is 13.2 Å². The van der Waals surface area contributed by atoms with Crippen LogP contribution in [0.1, 0.15) is 19.4 Å². The molecule has 0 radical (unpaired) electrons. The van der Waals surface area contributed by atoms with E-state index in [1.807, 2.05) is 24.3 Å². The van der Waals surface area contributed by atoms with Crippen molar-refractivity contribution >= 4 is 27.5 Å². The second-order valence-electron chi connectivity index (χ2n) is 6.46. The number of carbonyl (C=O) groups excluding carboxylic acids is 1. The lowest BCUT2D eigenvalue weighted by atomic mass is 10.1. The number of hydrogen-bond donors (Lipinski definition) is 1. The number of nitrogens with one attached hydrogen (secondary N) is 1. The van der Waals surface area contributed by atoms with E-state index < -0.39 is 10.0 Å². The summed E-state index contributed by atoms with van der Waals surface area (Å²) in [4.78, 5) is 16.6. The Morgan fingerprint density at radius 2 is 2.04 bits per heavy atom. The van der Waals surface area contributed by atoms with Crippen LogP contribution in [0.2, 0.25) is 0 Å². The minimum absolute atomic E-state index is 0.0524. The van der Waals surface area contributed by atoms with Crippen molar-refractivity contribution in [2.24, 2.45) is 4.40 Å². The van der Waals surface area contributed by atoms with E-state index in [1.165, 1.54) is 0 Å². The summed E-state index contributed by atoms with van der Waals surface area (Å²) in [7, 11) is -3.40. The van der Waals surface area contributed by atoms with E-state index in [2.05, 4.69) is 28.5 Å². The molecule has 2 aliphatic heterocycles. The van der Waals surface area contributed by atoms with Crippen LogP contribution in [0.5, 0.6) is 0 Å². The number of rotatable bonds is 6. The highest BCUT2D eigenvalue weighted by molar-refractivity contribution is 7.90. The Morgan fingerprint density at radius 3 is 2.78 bits per heavy atom. The molecule has 3 rings (SSSR count). The van der Waals surface area contributed by atoms with Crippen molar-refractivity contribution in [2.75, 3.05) is 30.7 Å². The van der Waals surface area contributed by atoms with Gasteiger partial charge in [0.05, 0.1) is 11.3 Å². The Hall–Kier alpha value is -2.45. The summed E-state index contributed by atoms with van der Waals surface area (Å²) in [6.45, 7) is 7.32. The van der Waals surface area contributed by atoms with E-state index in [0.29, 0.717) is 18.0 Å². The highest BCUT2D eigenvalue weighted by Gasteiger charge is 2.25. The maximum Gasteiger partial charge on any atom is 0.257 e. The molecule has 0 bridgehead atoms. The average Bonchev–Trinajstić information content (AvgIpc) is 2.65. The maximum atomic E-state index is 12.6. The molecule has 0 fully saturated rings. The minimum Gasteiger partial charge on any atom is -0.330 e. The van der Waals surface area contributed by atoms with Gasteiger partial charge in [0, 0.05) is 25.0 Å². The van der Waals surface area contributed by atoms with Gasteiger partial charge in [-0.3, -0.25) is 9.69 Å². The summed E-state index contributed by atoms with van der Waals surface area (Å²) in [6, 6.07) is 7.81. The number of amidine groups is 1. The predicted octanol–water partition coefficient (Wildman–Crippen LogP) is 1.96. The standard InChI is InChI=1S/C19H24N4O3S/c1-3-22(4-2)13-15-6-5-7-17(12-15)20-19(24)16-8-9-18-21-27(25,26)11-10-23(18)14-16/h5-9,12,14H,3-4,10-11,13H2,1-2H3,(H,20,24). The van der Waals surface area contributed by atoms with Crippen molar-refractivity contribution in [3.05, 3.63) is 53.8 Å². The molecule has 0 saturated carbocycles. The van der Waals surface area contributed by atoms with Crippen molar-refractivity contribution < 1.29 is 13.2 Å². The molecule has 2 heterocycles. The summed E-state index contributed by atoms with van der Waals surface area (Å²) < 4.78 is 26.8. The zero-order valence-electron chi connectivity index (χ0n) is 15.6. The Labute approximate surface area is 160 Å². The average molecular weight is 388 g/mol. The minimum atomic E-state index is -3.40. The van der Waals surface area contributed by atoms with Crippen LogP contribution in [-0.2, 0) is 21.4 Å². The summed E-state index contributed by atoms with van der Waals surface area (Å²) in [5, 5.41) is 2.91. The molecule has 1 amide bonds. The number of benzene rings is 1. The van der Waals surface area contributed by atoms with Crippen molar-refractivity contribution in [3.8, 4) is 0 Å². The topological polar surface area (TPSA) is 82.1 Å². The first-order valence-electron chi connectivity index (χ1n) is 9.02. The molecule has 1 aromatic carbocycles. The first-order valence-corrected chi connectivity index (χ1v) is 10.6. The maximum absolute atomic E-state index is 12.6. The van der Waals surface area contributed by atoms with Crippen LogP contribution >= 0.6 is 0 Å². The van der Waals surface area contributed by atoms with Gasteiger partial charge in [0.15, 0.2) is 0 Å². The largest absolute Gasteiger partial charge is 0.330 e. The van der Waals surface area contributed by atoms with Gasteiger partial charge in [-0.25, -0.2) is 8.42 Å². The van der Waals surface area contributed by atoms with Crippen LogP contribution in [0.4, 0.5) is 5.69 Å². The second kappa shape index (κ2) is 8.06. The molecule has 0 atom stereocenters. The first-order chi connectivity index (χ1) is 12.9. The van der Waals surface area contributed by atoms with Gasteiger partial charge in [0.2, 0.25) is 0 Å². The fourth-order valence-corrected chi connectivity index (χ4v) is 3.96.